The molecule has 0 saturated carbocycles. The summed E-state index contributed by atoms with van der Waals surface area (Å²) in [5.74, 6) is 0.169. The fourth-order valence-electron chi connectivity index (χ4n) is 3.59. The largest absolute Gasteiger partial charge is 0.324 e. The number of benzene rings is 1. The highest BCUT2D eigenvalue weighted by molar-refractivity contribution is 5.96. The van der Waals surface area contributed by atoms with Crippen molar-refractivity contribution in [1.82, 2.24) is 4.90 Å². The van der Waals surface area contributed by atoms with E-state index in [0.29, 0.717) is 5.41 Å². The molecule has 3 heteroatoms. The SMILES string of the molecule is Cc1cccc(C)c1NC(=O)C1CCCCN1CCCC(C)(C)C. The Morgan fingerprint density at radius 1 is 1.21 bits per heavy atom. The minimum atomic E-state index is 0.0257. The Bertz CT molecular complexity index is 539. The molecule has 1 aromatic rings. The molecule has 1 unspecified atom stereocenters. The van der Waals surface area contributed by atoms with Crippen LogP contribution in [0.5, 0.6) is 0 Å². The first-order valence-electron chi connectivity index (χ1n) is 9.39. The third-order valence-corrected chi connectivity index (χ3v) is 5.02. The molecule has 134 valence electrons. The van der Waals surface area contributed by atoms with E-state index in [-0.39, 0.29) is 11.9 Å². The summed E-state index contributed by atoms with van der Waals surface area (Å²) in [6, 6.07) is 6.19. The topological polar surface area (TPSA) is 32.3 Å². The zero-order chi connectivity index (χ0) is 17.7. The standard InChI is InChI=1S/C21H34N2O/c1-16-10-8-11-17(2)19(16)22-20(24)18-12-6-7-14-23(18)15-9-13-21(3,4)5/h8,10-11,18H,6-7,9,12-15H2,1-5H3,(H,22,24). The van der Waals surface area contributed by atoms with E-state index < -0.39 is 0 Å². The molecule has 0 bridgehead atoms. The molecule has 1 aliphatic rings. The minimum Gasteiger partial charge on any atom is -0.324 e. The second-order valence-electron chi connectivity index (χ2n) is 8.47. The van der Waals surface area contributed by atoms with E-state index >= 15 is 0 Å². The predicted molar refractivity (Wildman–Crippen MR) is 102 cm³/mol. The van der Waals surface area contributed by atoms with Crippen LogP contribution in [-0.2, 0) is 4.79 Å². The smallest absolute Gasteiger partial charge is 0.241 e. The van der Waals surface area contributed by atoms with Crippen LogP contribution in [0.3, 0.4) is 0 Å². The Morgan fingerprint density at radius 2 is 1.88 bits per heavy atom. The number of likely N-dealkylation sites (tertiary alicyclic amines) is 1. The maximum Gasteiger partial charge on any atom is 0.241 e. The van der Waals surface area contributed by atoms with E-state index in [1.807, 2.05) is 6.07 Å². The molecule has 1 fully saturated rings. The number of piperidine rings is 1. The Hall–Kier alpha value is -1.35. The molecule has 1 N–H and O–H groups in total. The second kappa shape index (κ2) is 8.15. The van der Waals surface area contributed by atoms with Crippen molar-refractivity contribution >= 4 is 11.6 Å². The number of hydrogen-bond acceptors (Lipinski definition) is 2. The Kier molecular flexibility index (Phi) is 6.45. The molecular formula is C21H34N2O. The maximum atomic E-state index is 12.9. The lowest BCUT2D eigenvalue weighted by molar-refractivity contribution is -0.122. The number of nitrogens with zero attached hydrogens (tertiary/aromatic N) is 1. The van der Waals surface area contributed by atoms with Crippen LogP contribution in [0.1, 0.15) is 64.0 Å². The summed E-state index contributed by atoms with van der Waals surface area (Å²) in [5.41, 5.74) is 3.63. The lowest BCUT2D eigenvalue weighted by atomic mass is 9.90. The second-order valence-corrected chi connectivity index (χ2v) is 8.47. The Morgan fingerprint density at radius 3 is 2.50 bits per heavy atom. The van der Waals surface area contributed by atoms with Gasteiger partial charge in [0, 0.05) is 5.69 Å². The normalized spacial score (nSPS) is 19.3. The molecule has 1 heterocycles. The van der Waals surface area contributed by atoms with E-state index in [9.17, 15) is 4.79 Å². The van der Waals surface area contributed by atoms with Crippen molar-refractivity contribution in [2.24, 2.45) is 5.41 Å². The fourth-order valence-corrected chi connectivity index (χ4v) is 3.59. The zero-order valence-corrected chi connectivity index (χ0v) is 16.1. The van der Waals surface area contributed by atoms with E-state index in [4.69, 9.17) is 0 Å². The number of carbonyl (C=O) groups excluding carboxylic acids is 1. The molecule has 1 atom stereocenters. The first-order chi connectivity index (χ1) is 11.3. The van der Waals surface area contributed by atoms with Gasteiger partial charge in [-0.3, -0.25) is 9.69 Å². The summed E-state index contributed by atoms with van der Waals surface area (Å²) < 4.78 is 0. The van der Waals surface area contributed by atoms with Gasteiger partial charge >= 0.3 is 0 Å². The van der Waals surface area contributed by atoms with Gasteiger partial charge in [0.05, 0.1) is 6.04 Å². The van der Waals surface area contributed by atoms with Crippen LogP contribution in [0.2, 0.25) is 0 Å². The number of rotatable bonds is 5. The fraction of sp³-hybridized carbons (Fsp3) is 0.667. The van der Waals surface area contributed by atoms with Gasteiger partial charge in [0.15, 0.2) is 0 Å². The van der Waals surface area contributed by atoms with Gasteiger partial charge < -0.3 is 5.32 Å². The van der Waals surface area contributed by atoms with Crippen molar-refractivity contribution in [1.29, 1.82) is 0 Å². The van der Waals surface area contributed by atoms with Crippen molar-refractivity contribution in [3.8, 4) is 0 Å². The quantitative estimate of drug-likeness (QED) is 0.831. The predicted octanol–water partition coefficient (Wildman–Crippen LogP) is 4.92. The van der Waals surface area contributed by atoms with Crippen molar-refractivity contribution in [2.45, 2.75) is 72.8 Å². The van der Waals surface area contributed by atoms with Crippen molar-refractivity contribution in [3.63, 3.8) is 0 Å². The van der Waals surface area contributed by atoms with Crippen LogP contribution >= 0.6 is 0 Å². The highest BCUT2D eigenvalue weighted by atomic mass is 16.2. The van der Waals surface area contributed by atoms with Gasteiger partial charge in [-0.2, -0.15) is 0 Å². The Labute approximate surface area is 147 Å². The third-order valence-electron chi connectivity index (χ3n) is 5.02. The number of nitrogens with one attached hydrogen (secondary N) is 1. The average Bonchev–Trinajstić information content (AvgIpc) is 2.50. The van der Waals surface area contributed by atoms with E-state index in [1.165, 1.54) is 12.8 Å². The van der Waals surface area contributed by atoms with E-state index in [0.717, 1.165) is 49.2 Å². The van der Waals surface area contributed by atoms with Gasteiger partial charge in [0.25, 0.3) is 0 Å². The van der Waals surface area contributed by atoms with E-state index in [2.05, 4.69) is 57.0 Å². The van der Waals surface area contributed by atoms with Crippen LogP contribution in [0, 0.1) is 19.3 Å². The maximum absolute atomic E-state index is 12.9. The number of amides is 1. The first kappa shape index (κ1) is 19.0. The van der Waals surface area contributed by atoms with Crippen molar-refractivity contribution in [3.05, 3.63) is 29.3 Å². The number of para-hydroxylation sites is 1. The average molecular weight is 331 g/mol. The van der Waals surface area contributed by atoms with Gasteiger partial charge in [-0.05, 0) is 69.2 Å². The summed E-state index contributed by atoms with van der Waals surface area (Å²) >= 11 is 0. The van der Waals surface area contributed by atoms with Crippen molar-refractivity contribution < 1.29 is 4.79 Å². The summed E-state index contributed by atoms with van der Waals surface area (Å²) in [6.07, 6.45) is 5.71. The summed E-state index contributed by atoms with van der Waals surface area (Å²) in [5, 5.41) is 3.20. The van der Waals surface area contributed by atoms with E-state index in [1.54, 1.807) is 0 Å². The molecule has 0 aromatic heterocycles. The molecule has 24 heavy (non-hydrogen) atoms. The lowest BCUT2D eigenvalue weighted by Crippen LogP contribution is -2.47. The Balaban J connectivity index is 2.00. The molecule has 1 amide bonds. The molecule has 1 aromatic carbocycles. The monoisotopic (exact) mass is 330 g/mol. The van der Waals surface area contributed by atoms with Crippen LogP contribution in [0.15, 0.2) is 18.2 Å². The molecule has 1 saturated heterocycles. The van der Waals surface area contributed by atoms with Gasteiger partial charge in [0.1, 0.15) is 0 Å². The summed E-state index contributed by atoms with van der Waals surface area (Å²) in [6.45, 7) is 13.1. The molecular weight excluding hydrogens is 296 g/mol. The van der Waals surface area contributed by atoms with Crippen molar-refractivity contribution in [2.75, 3.05) is 18.4 Å². The lowest BCUT2D eigenvalue weighted by Gasteiger charge is -2.35. The van der Waals surface area contributed by atoms with Crippen LogP contribution in [-0.4, -0.2) is 29.9 Å². The highest BCUT2D eigenvalue weighted by Gasteiger charge is 2.29. The summed E-state index contributed by atoms with van der Waals surface area (Å²) in [4.78, 5) is 15.3. The highest BCUT2D eigenvalue weighted by Crippen LogP contribution is 2.25. The number of carbonyl (C=O) groups is 1. The van der Waals surface area contributed by atoms with Crippen LogP contribution in [0.25, 0.3) is 0 Å². The number of anilines is 1. The van der Waals surface area contributed by atoms with Crippen LogP contribution < -0.4 is 5.32 Å². The molecule has 1 aliphatic heterocycles. The molecule has 2 rings (SSSR count). The van der Waals surface area contributed by atoms with Gasteiger partial charge in [-0.15, -0.1) is 0 Å². The van der Waals surface area contributed by atoms with Gasteiger partial charge in [-0.1, -0.05) is 45.4 Å². The number of hydrogen-bond donors (Lipinski definition) is 1. The van der Waals surface area contributed by atoms with Crippen LogP contribution in [0.4, 0.5) is 5.69 Å². The molecule has 0 aliphatic carbocycles. The molecule has 0 radical (unpaired) electrons. The van der Waals surface area contributed by atoms with Gasteiger partial charge in [0.2, 0.25) is 5.91 Å². The third kappa shape index (κ3) is 5.34. The summed E-state index contributed by atoms with van der Waals surface area (Å²) in [7, 11) is 0. The zero-order valence-electron chi connectivity index (χ0n) is 16.1. The molecule has 0 spiro atoms. The minimum absolute atomic E-state index is 0.0257. The number of aryl methyl sites for hydroxylation is 2. The first-order valence-corrected chi connectivity index (χ1v) is 9.39. The van der Waals surface area contributed by atoms with Gasteiger partial charge in [-0.25, -0.2) is 0 Å². The molecule has 3 nitrogen and oxygen atoms in total.